The van der Waals surface area contributed by atoms with Gasteiger partial charge in [-0.2, -0.15) is 0 Å². The van der Waals surface area contributed by atoms with Gasteiger partial charge in [0.25, 0.3) is 0 Å². The van der Waals surface area contributed by atoms with Gasteiger partial charge in [0.2, 0.25) is 0 Å². The fourth-order valence-electron chi connectivity index (χ4n) is 0.189. The molecule has 41 valence electrons. The molecule has 1 radical (unpaired) electrons. The van der Waals surface area contributed by atoms with Gasteiger partial charge in [0.15, 0.2) is 0 Å². The lowest BCUT2D eigenvalue weighted by molar-refractivity contribution is -0.136. The van der Waals surface area contributed by atoms with E-state index < -0.39 is 11.3 Å². The van der Waals surface area contributed by atoms with Crippen LogP contribution in [0.25, 0.3) is 0 Å². The molecule has 0 saturated carbocycles. The molecule has 1 atom stereocenters. The second-order valence-electron chi connectivity index (χ2n) is 1.20. The summed E-state index contributed by atoms with van der Waals surface area (Å²) in [5.41, 5.74) is 0. The Hall–Kier alpha value is -0.240. The minimum Gasteiger partial charge on any atom is -0.481 e. The highest BCUT2D eigenvalue weighted by Crippen LogP contribution is 1.96. The smallest absolute Gasteiger partial charge is 0.304 e. The first-order valence-electron chi connectivity index (χ1n) is 1.82. The molecule has 0 saturated heterocycles. The number of carbonyl (C=O) groups is 1. The van der Waals surface area contributed by atoms with E-state index in [1.54, 1.807) is 0 Å². The van der Waals surface area contributed by atoms with Gasteiger partial charge in [0.1, 0.15) is 0 Å². The molecule has 0 aromatic rings. The number of hydrogen-bond donors (Lipinski definition) is 1. The Morgan fingerprint density at radius 1 is 2.00 bits per heavy atom. The van der Waals surface area contributed by atoms with Crippen LogP contribution in [0, 0.1) is 6.92 Å². The van der Waals surface area contributed by atoms with Gasteiger partial charge in [-0.05, 0) is 6.92 Å². The van der Waals surface area contributed by atoms with Crippen LogP contribution in [-0.2, 0) is 4.79 Å². The van der Waals surface area contributed by atoms with E-state index in [9.17, 15) is 4.79 Å². The van der Waals surface area contributed by atoms with Crippen molar-refractivity contribution < 1.29 is 9.90 Å². The molecule has 0 amide bonds. The van der Waals surface area contributed by atoms with Crippen molar-refractivity contribution in [3.05, 3.63) is 6.92 Å². The summed E-state index contributed by atoms with van der Waals surface area (Å²) in [6.45, 7) is 3.26. The molecule has 0 fully saturated rings. The number of hydrogen-bond acceptors (Lipinski definition) is 1. The van der Waals surface area contributed by atoms with Crippen LogP contribution in [0.3, 0.4) is 0 Å². The summed E-state index contributed by atoms with van der Waals surface area (Å²) in [7, 11) is 0. The monoisotopic (exact) mass is 121 g/mol. The fourth-order valence-corrected chi connectivity index (χ4v) is 0.321. The summed E-state index contributed by atoms with van der Waals surface area (Å²) in [5.74, 6) is -0.907. The largest absolute Gasteiger partial charge is 0.481 e. The molecule has 0 aliphatic rings. The van der Waals surface area contributed by atoms with E-state index in [1.165, 1.54) is 0 Å². The molecule has 1 unspecified atom stereocenters. The molecular weight excluding hydrogens is 115 g/mol. The van der Waals surface area contributed by atoms with E-state index in [1.807, 2.05) is 0 Å². The van der Waals surface area contributed by atoms with Gasteiger partial charge in [0.05, 0.1) is 6.42 Å². The van der Waals surface area contributed by atoms with Crippen LogP contribution in [0.4, 0.5) is 0 Å². The van der Waals surface area contributed by atoms with E-state index in [2.05, 4.69) is 6.92 Å². The second-order valence-corrected chi connectivity index (χ2v) is 1.81. The summed E-state index contributed by atoms with van der Waals surface area (Å²) in [5, 5.41) is 7.46. The molecule has 0 rings (SSSR count). The molecule has 1 N–H and O–H groups in total. The molecule has 0 aliphatic heterocycles. The van der Waals surface area contributed by atoms with Crippen LogP contribution in [0.5, 0.6) is 0 Å². The Morgan fingerprint density at radius 3 is 2.43 bits per heavy atom. The number of rotatable bonds is 2. The van der Waals surface area contributed by atoms with E-state index in [0.717, 1.165) is 0 Å². The Labute approximate surface area is 47.1 Å². The zero-order valence-corrected chi connectivity index (χ0v) is 4.48. The standard InChI is InChI=1S/C4H6ClO2/c1-3(5)2-4(6)7/h3H,1-2H2,(H,6,7). The predicted molar refractivity (Wildman–Crippen MR) is 27.3 cm³/mol. The highest BCUT2D eigenvalue weighted by molar-refractivity contribution is 6.22. The Morgan fingerprint density at radius 2 is 2.43 bits per heavy atom. The molecule has 2 nitrogen and oxygen atoms in total. The van der Waals surface area contributed by atoms with Gasteiger partial charge in [-0.25, -0.2) is 0 Å². The first-order valence-corrected chi connectivity index (χ1v) is 2.25. The van der Waals surface area contributed by atoms with Crippen molar-refractivity contribution in [2.75, 3.05) is 0 Å². The van der Waals surface area contributed by atoms with Gasteiger partial charge < -0.3 is 5.11 Å². The highest BCUT2D eigenvalue weighted by Gasteiger charge is 2.00. The lowest BCUT2D eigenvalue weighted by Crippen LogP contribution is -2.01. The molecule has 7 heavy (non-hydrogen) atoms. The van der Waals surface area contributed by atoms with Crippen molar-refractivity contribution >= 4 is 17.6 Å². The normalized spacial score (nSPS) is 13.4. The number of carboxylic acids is 1. The second kappa shape index (κ2) is 2.86. The molecular formula is C4H6ClO2. The molecule has 0 aromatic heterocycles. The SMILES string of the molecule is [CH2]C(Cl)CC(=O)O. The Balaban J connectivity index is 3.13. The third-order valence-electron chi connectivity index (χ3n) is 0.396. The average molecular weight is 122 g/mol. The van der Waals surface area contributed by atoms with Crippen LogP contribution in [-0.4, -0.2) is 16.5 Å². The number of alkyl halides is 1. The van der Waals surface area contributed by atoms with Gasteiger partial charge in [-0.1, -0.05) is 0 Å². The van der Waals surface area contributed by atoms with Gasteiger partial charge in [-0.15, -0.1) is 11.6 Å². The van der Waals surface area contributed by atoms with Crippen LogP contribution < -0.4 is 0 Å². The third-order valence-corrected chi connectivity index (χ3v) is 0.550. The lowest BCUT2D eigenvalue weighted by Gasteiger charge is -1.91. The zero-order chi connectivity index (χ0) is 5.86. The van der Waals surface area contributed by atoms with Crippen molar-refractivity contribution in [2.45, 2.75) is 11.8 Å². The Bertz CT molecular complexity index is 70.1. The quantitative estimate of drug-likeness (QED) is 0.552. The maximum Gasteiger partial charge on any atom is 0.304 e. The summed E-state index contributed by atoms with van der Waals surface area (Å²) < 4.78 is 0. The topological polar surface area (TPSA) is 37.3 Å². The third kappa shape index (κ3) is 5.76. The minimum absolute atomic E-state index is 0.0679. The van der Waals surface area contributed by atoms with Crippen molar-refractivity contribution in [1.82, 2.24) is 0 Å². The molecule has 0 spiro atoms. The number of aliphatic carboxylic acids is 1. The van der Waals surface area contributed by atoms with Crippen molar-refractivity contribution in [2.24, 2.45) is 0 Å². The first kappa shape index (κ1) is 6.76. The summed E-state index contributed by atoms with van der Waals surface area (Å²) in [6, 6.07) is 0. The van der Waals surface area contributed by atoms with Gasteiger partial charge in [0, 0.05) is 5.38 Å². The summed E-state index contributed by atoms with van der Waals surface area (Å²) in [6.07, 6.45) is -0.0679. The highest BCUT2D eigenvalue weighted by atomic mass is 35.5. The van der Waals surface area contributed by atoms with E-state index in [4.69, 9.17) is 16.7 Å². The first-order chi connectivity index (χ1) is 3.13. The maximum absolute atomic E-state index is 9.69. The van der Waals surface area contributed by atoms with E-state index >= 15 is 0 Å². The number of halogens is 1. The Kier molecular flexibility index (Phi) is 2.76. The van der Waals surface area contributed by atoms with Gasteiger partial charge >= 0.3 is 5.97 Å². The van der Waals surface area contributed by atoms with Crippen molar-refractivity contribution in [3.63, 3.8) is 0 Å². The van der Waals surface area contributed by atoms with Crippen LogP contribution in [0.1, 0.15) is 6.42 Å². The van der Waals surface area contributed by atoms with Crippen molar-refractivity contribution in [3.8, 4) is 0 Å². The van der Waals surface area contributed by atoms with E-state index in [0.29, 0.717) is 0 Å². The minimum atomic E-state index is -0.907. The summed E-state index contributed by atoms with van der Waals surface area (Å²) in [4.78, 5) is 9.69. The molecule has 0 heterocycles. The number of carboxylic acid groups (broad SMARTS) is 1. The average Bonchev–Trinajstić information content (AvgIpc) is 1.27. The van der Waals surface area contributed by atoms with Crippen molar-refractivity contribution in [1.29, 1.82) is 0 Å². The molecule has 0 aliphatic carbocycles. The van der Waals surface area contributed by atoms with Crippen LogP contribution in [0.2, 0.25) is 0 Å². The zero-order valence-electron chi connectivity index (χ0n) is 3.72. The van der Waals surface area contributed by atoms with E-state index in [-0.39, 0.29) is 6.42 Å². The van der Waals surface area contributed by atoms with Crippen LogP contribution in [0.15, 0.2) is 0 Å². The molecule has 3 heteroatoms. The summed E-state index contributed by atoms with van der Waals surface area (Å²) >= 11 is 5.18. The fraction of sp³-hybridized carbons (Fsp3) is 0.500. The maximum atomic E-state index is 9.69. The lowest BCUT2D eigenvalue weighted by atomic mass is 10.3. The molecule has 0 aromatic carbocycles. The predicted octanol–water partition coefficient (Wildman–Crippen LogP) is 0.903. The molecule has 0 bridgehead atoms. The van der Waals surface area contributed by atoms with Gasteiger partial charge in [-0.3, -0.25) is 4.79 Å². The van der Waals surface area contributed by atoms with Crippen LogP contribution >= 0.6 is 11.6 Å².